The van der Waals surface area contributed by atoms with Gasteiger partial charge in [0.2, 0.25) is 0 Å². The molecule has 0 heterocycles. The van der Waals surface area contributed by atoms with Crippen LogP contribution in [-0.4, -0.2) is 8.42 Å². The molecule has 3 nitrogen and oxygen atoms in total. The van der Waals surface area contributed by atoms with Gasteiger partial charge in [-0.3, -0.25) is 0 Å². The number of anilines is 1. The predicted molar refractivity (Wildman–Crippen MR) is 56.7 cm³/mol. The number of hydrogen-bond donors (Lipinski definition) is 1. The third kappa shape index (κ3) is 1.66. The van der Waals surface area contributed by atoms with Gasteiger partial charge in [-0.1, -0.05) is 24.3 Å². The molecule has 2 aromatic carbocycles. The van der Waals surface area contributed by atoms with Crippen LogP contribution in [0.4, 0.5) is 9.57 Å². The predicted octanol–water partition coefficient (Wildman–Crippen LogP) is 2.08. The summed E-state index contributed by atoms with van der Waals surface area (Å²) in [4.78, 5) is -0.377. The number of nitrogen functional groups attached to an aromatic ring is 1. The summed E-state index contributed by atoms with van der Waals surface area (Å²) in [6.45, 7) is 0. The summed E-state index contributed by atoms with van der Waals surface area (Å²) in [5.41, 5.74) is 5.88. The Labute approximate surface area is 86.5 Å². The fourth-order valence-corrected chi connectivity index (χ4v) is 2.26. The molecule has 2 rings (SSSR count). The molecular weight excluding hydrogens is 217 g/mol. The van der Waals surface area contributed by atoms with E-state index in [0.29, 0.717) is 5.39 Å². The van der Waals surface area contributed by atoms with Crippen LogP contribution in [-0.2, 0) is 10.2 Å². The highest BCUT2D eigenvalue weighted by Gasteiger charge is 2.16. The van der Waals surface area contributed by atoms with Crippen LogP contribution in [0.25, 0.3) is 10.8 Å². The monoisotopic (exact) mass is 225 g/mol. The highest BCUT2D eigenvalue weighted by atomic mass is 32.3. The fraction of sp³-hybridized carbons (Fsp3) is 0. The molecular formula is C10H8FNO2S. The zero-order valence-electron chi connectivity index (χ0n) is 7.64. The summed E-state index contributed by atoms with van der Waals surface area (Å²) in [6.07, 6.45) is 0. The quantitative estimate of drug-likeness (QED) is 0.597. The molecule has 2 aromatic rings. The van der Waals surface area contributed by atoms with Crippen molar-refractivity contribution in [3.05, 3.63) is 36.4 Å². The lowest BCUT2D eigenvalue weighted by molar-refractivity contribution is 0.553. The van der Waals surface area contributed by atoms with Crippen molar-refractivity contribution in [2.75, 3.05) is 5.73 Å². The lowest BCUT2D eigenvalue weighted by Crippen LogP contribution is -1.96. The molecule has 0 amide bonds. The van der Waals surface area contributed by atoms with Crippen LogP contribution in [0.5, 0.6) is 0 Å². The van der Waals surface area contributed by atoms with Gasteiger partial charge in [-0.15, -0.1) is 3.89 Å². The number of rotatable bonds is 1. The summed E-state index contributed by atoms with van der Waals surface area (Å²) in [5, 5.41) is 0.844. The minimum Gasteiger partial charge on any atom is -0.398 e. The van der Waals surface area contributed by atoms with Crippen LogP contribution in [0.15, 0.2) is 41.3 Å². The average molecular weight is 225 g/mol. The maximum Gasteiger partial charge on any atom is 0.332 e. The van der Waals surface area contributed by atoms with Crippen molar-refractivity contribution in [2.45, 2.75) is 4.90 Å². The van der Waals surface area contributed by atoms with Crippen molar-refractivity contribution in [2.24, 2.45) is 0 Å². The zero-order chi connectivity index (χ0) is 11.1. The number of halogens is 1. The Bertz CT molecular complexity index is 617. The highest BCUT2D eigenvalue weighted by Crippen LogP contribution is 2.28. The highest BCUT2D eigenvalue weighted by molar-refractivity contribution is 7.86. The zero-order valence-corrected chi connectivity index (χ0v) is 8.46. The van der Waals surface area contributed by atoms with Gasteiger partial charge in [-0.2, -0.15) is 8.42 Å². The minimum absolute atomic E-state index is 0.238. The second-order valence-corrected chi connectivity index (χ2v) is 4.45. The lowest BCUT2D eigenvalue weighted by atomic mass is 10.1. The topological polar surface area (TPSA) is 60.2 Å². The van der Waals surface area contributed by atoms with Gasteiger partial charge in [0.05, 0.1) is 0 Å². The van der Waals surface area contributed by atoms with E-state index in [0.717, 1.165) is 0 Å². The third-order valence-corrected chi connectivity index (χ3v) is 3.03. The first-order valence-corrected chi connectivity index (χ1v) is 5.60. The molecule has 0 fully saturated rings. The number of fused-ring (bicyclic) bond motifs is 1. The van der Waals surface area contributed by atoms with Crippen molar-refractivity contribution >= 4 is 26.7 Å². The molecule has 0 aliphatic heterocycles. The molecule has 0 aliphatic rings. The molecule has 0 bridgehead atoms. The lowest BCUT2D eigenvalue weighted by Gasteiger charge is -2.04. The summed E-state index contributed by atoms with van der Waals surface area (Å²) in [5.74, 6) is 0. The molecule has 0 radical (unpaired) electrons. The molecule has 15 heavy (non-hydrogen) atoms. The van der Waals surface area contributed by atoms with E-state index in [-0.39, 0.29) is 16.0 Å². The number of hydrogen-bond acceptors (Lipinski definition) is 3. The van der Waals surface area contributed by atoms with Crippen LogP contribution in [0.2, 0.25) is 0 Å². The minimum atomic E-state index is -4.73. The maximum atomic E-state index is 12.9. The second-order valence-electron chi connectivity index (χ2n) is 3.14. The SMILES string of the molecule is Nc1cccc2cccc(S(=O)(=O)F)c12. The molecule has 0 saturated heterocycles. The second kappa shape index (κ2) is 3.20. The van der Waals surface area contributed by atoms with Crippen molar-refractivity contribution in [1.29, 1.82) is 0 Å². The molecule has 78 valence electrons. The molecule has 0 aliphatic carbocycles. The summed E-state index contributed by atoms with van der Waals surface area (Å²) in [7, 11) is -4.73. The van der Waals surface area contributed by atoms with E-state index in [9.17, 15) is 12.3 Å². The van der Waals surface area contributed by atoms with E-state index >= 15 is 0 Å². The van der Waals surface area contributed by atoms with Gasteiger partial charge < -0.3 is 5.73 Å². The Balaban J connectivity index is 2.99. The van der Waals surface area contributed by atoms with Crippen LogP contribution in [0.1, 0.15) is 0 Å². The van der Waals surface area contributed by atoms with Gasteiger partial charge in [0.25, 0.3) is 0 Å². The van der Waals surface area contributed by atoms with Crippen molar-refractivity contribution in [3.63, 3.8) is 0 Å². The maximum absolute atomic E-state index is 12.9. The van der Waals surface area contributed by atoms with Crippen molar-refractivity contribution in [3.8, 4) is 0 Å². The summed E-state index contributed by atoms with van der Waals surface area (Å²) < 4.78 is 34.7. The standard InChI is InChI=1S/C10H8FNO2S/c11-15(13,14)9-6-2-4-7-3-1-5-8(12)10(7)9/h1-6H,12H2. The van der Waals surface area contributed by atoms with E-state index in [2.05, 4.69) is 0 Å². The van der Waals surface area contributed by atoms with Gasteiger partial charge in [0.15, 0.2) is 0 Å². The van der Waals surface area contributed by atoms with E-state index in [4.69, 9.17) is 5.73 Å². The summed E-state index contributed by atoms with van der Waals surface area (Å²) >= 11 is 0. The van der Waals surface area contributed by atoms with Crippen LogP contribution in [0, 0.1) is 0 Å². The first kappa shape index (κ1) is 9.92. The Morgan fingerprint density at radius 3 is 2.27 bits per heavy atom. The van der Waals surface area contributed by atoms with E-state index in [1.54, 1.807) is 18.2 Å². The van der Waals surface area contributed by atoms with Gasteiger partial charge in [0.1, 0.15) is 4.90 Å². The van der Waals surface area contributed by atoms with Crippen LogP contribution < -0.4 is 5.73 Å². The molecule has 0 spiro atoms. The molecule has 0 aromatic heterocycles. The Hall–Kier alpha value is -1.62. The number of benzene rings is 2. The fourth-order valence-electron chi connectivity index (χ4n) is 1.54. The largest absolute Gasteiger partial charge is 0.398 e. The van der Waals surface area contributed by atoms with Gasteiger partial charge in [-0.25, -0.2) is 0 Å². The van der Waals surface area contributed by atoms with Crippen molar-refractivity contribution < 1.29 is 12.3 Å². The Kier molecular flexibility index (Phi) is 2.12. The van der Waals surface area contributed by atoms with E-state index < -0.39 is 10.2 Å². The van der Waals surface area contributed by atoms with Crippen molar-refractivity contribution in [1.82, 2.24) is 0 Å². The number of nitrogens with two attached hydrogens (primary N) is 1. The van der Waals surface area contributed by atoms with Gasteiger partial charge in [0, 0.05) is 11.1 Å². The molecule has 0 atom stereocenters. The van der Waals surface area contributed by atoms with Crippen LogP contribution in [0.3, 0.4) is 0 Å². The molecule has 0 saturated carbocycles. The third-order valence-electron chi connectivity index (χ3n) is 2.16. The molecule has 5 heteroatoms. The normalized spacial score (nSPS) is 11.8. The molecule has 0 unspecified atom stereocenters. The Morgan fingerprint density at radius 2 is 1.67 bits per heavy atom. The first-order valence-electron chi connectivity index (χ1n) is 4.22. The van der Waals surface area contributed by atoms with Gasteiger partial charge in [-0.05, 0) is 17.5 Å². The first-order chi connectivity index (χ1) is 7.00. The van der Waals surface area contributed by atoms with Crippen LogP contribution >= 0.6 is 0 Å². The molecule has 2 N–H and O–H groups in total. The summed E-state index contributed by atoms with van der Waals surface area (Å²) in [6, 6.07) is 9.27. The van der Waals surface area contributed by atoms with Gasteiger partial charge >= 0.3 is 10.2 Å². The van der Waals surface area contributed by atoms with E-state index in [1.165, 1.54) is 18.2 Å². The Morgan fingerprint density at radius 1 is 1.07 bits per heavy atom. The smallest absolute Gasteiger partial charge is 0.332 e. The van der Waals surface area contributed by atoms with E-state index in [1.807, 2.05) is 0 Å². The average Bonchev–Trinajstić information content (AvgIpc) is 2.16.